The summed E-state index contributed by atoms with van der Waals surface area (Å²) >= 11 is 0. The Hall–Kier alpha value is -1.09. The molecular formula is C13H19F2N3O2S. The van der Waals surface area contributed by atoms with Crippen LogP contribution in [0.15, 0.2) is 23.1 Å². The third-order valence-corrected chi connectivity index (χ3v) is 5.43. The van der Waals surface area contributed by atoms with E-state index in [1.54, 1.807) is 0 Å². The Kier molecular flexibility index (Phi) is 5.26. The highest BCUT2D eigenvalue weighted by Gasteiger charge is 2.28. The van der Waals surface area contributed by atoms with Gasteiger partial charge >= 0.3 is 0 Å². The lowest BCUT2D eigenvalue weighted by Crippen LogP contribution is -2.48. The molecule has 1 fully saturated rings. The number of piperazine rings is 1. The van der Waals surface area contributed by atoms with Gasteiger partial charge < -0.3 is 10.6 Å². The fraction of sp³-hybridized carbons (Fsp3) is 0.538. The third kappa shape index (κ3) is 3.76. The predicted octanol–water partition coefficient (Wildman–Crippen LogP) is 0.620. The van der Waals surface area contributed by atoms with E-state index in [-0.39, 0.29) is 4.90 Å². The summed E-state index contributed by atoms with van der Waals surface area (Å²) in [5.41, 5.74) is 5.45. The van der Waals surface area contributed by atoms with E-state index in [9.17, 15) is 17.2 Å². The predicted molar refractivity (Wildman–Crippen MR) is 75.2 cm³/mol. The maximum atomic E-state index is 13.2. The molecule has 118 valence electrons. The third-order valence-electron chi connectivity index (χ3n) is 3.54. The molecule has 1 aromatic carbocycles. The molecule has 1 aliphatic rings. The summed E-state index contributed by atoms with van der Waals surface area (Å²) in [6, 6.07) is 2.65. The molecule has 0 spiro atoms. The number of benzene rings is 1. The summed E-state index contributed by atoms with van der Waals surface area (Å²) in [6.45, 7) is 3.35. The molecule has 0 radical (unpaired) electrons. The zero-order valence-electron chi connectivity index (χ0n) is 11.6. The zero-order valence-corrected chi connectivity index (χ0v) is 12.5. The van der Waals surface area contributed by atoms with E-state index in [2.05, 4.69) is 4.90 Å². The SMILES string of the molecule is NCCCN1CCN(S(=O)(=O)c2ccc(F)c(F)c2)CC1. The largest absolute Gasteiger partial charge is 0.330 e. The molecule has 2 rings (SSSR count). The standard InChI is InChI=1S/C13H19F2N3O2S/c14-12-3-2-11(10-13(12)15)21(19,20)18-8-6-17(7-9-18)5-1-4-16/h2-3,10H,1,4-9,16H2. The quantitative estimate of drug-likeness (QED) is 0.864. The number of rotatable bonds is 5. The van der Waals surface area contributed by atoms with Crippen LogP contribution in [0.3, 0.4) is 0 Å². The van der Waals surface area contributed by atoms with Crippen LogP contribution in [0.1, 0.15) is 6.42 Å². The van der Waals surface area contributed by atoms with E-state index in [0.29, 0.717) is 32.7 Å². The van der Waals surface area contributed by atoms with E-state index >= 15 is 0 Å². The first kappa shape index (κ1) is 16.3. The van der Waals surface area contributed by atoms with Gasteiger partial charge in [-0.05, 0) is 37.7 Å². The van der Waals surface area contributed by atoms with Gasteiger partial charge in [0.05, 0.1) is 4.90 Å². The van der Waals surface area contributed by atoms with Crippen LogP contribution in [0.2, 0.25) is 0 Å². The lowest BCUT2D eigenvalue weighted by Gasteiger charge is -2.33. The van der Waals surface area contributed by atoms with Crippen molar-refractivity contribution in [3.8, 4) is 0 Å². The van der Waals surface area contributed by atoms with Crippen molar-refractivity contribution in [3.05, 3.63) is 29.8 Å². The minimum Gasteiger partial charge on any atom is -0.330 e. The number of nitrogens with zero attached hydrogens (tertiary/aromatic N) is 2. The fourth-order valence-corrected chi connectivity index (χ4v) is 3.73. The van der Waals surface area contributed by atoms with Gasteiger partial charge in [0.1, 0.15) is 0 Å². The average molecular weight is 319 g/mol. The topological polar surface area (TPSA) is 66.6 Å². The van der Waals surface area contributed by atoms with E-state index < -0.39 is 21.7 Å². The molecule has 0 saturated carbocycles. The average Bonchev–Trinajstić information content (AvgIpc) is 2.48. The second-order valence-corrected chi connectivity index (χ2v) is 6.90. The molecule has 5 nitrogen and oxygen atoms in total. The number of hydrogen-bond acceptors (Lipinski definition) is 4. The zero-order chi connectivity index (χ0) is 15.5. The van der Waals surface area contributed by atoms with E-state index in [1.165, 1.54) is 4.31 Å². The molecule has 1 heterocycles. The molecule has 1 aromatic rings. The summed E-state index contributed by atoms with van der Waals surface area (Å²) < 4.78 is 52.1. The number of nitrogens with two attached hydrogens (primary N) is 1. The van der Waals surface area contributed by atoms with Crippen LogP contribution in [-0.2, 0) is 10.0 Å². The molecule has 0 atom stereocenters. The van der Waals surface area contributed by atoms with Crippen LogP contribution in [0.5, 0.6) is 0 Å². The van der Waals surface area contributed by atoms with Crippen molar-refractivity contribution in [2.24, 2.45) is 5.73 Å². The maximum absolute atomic E-state index is 13.2. The first-order valence-corrected chi connectivity index (χ1v) is 8.27. The first-order valence-electron chi connectivity index (χ1n) is 6.83. The Bertz CT molecular complexity index is 587. The Morgan fingerprint density at radius 1 is 1.10 bits per heavy atom. The second kappa shape index (κ2) is 6.78. The normalized spacial score (nSPS) is 18.0. The minimum atomic E-state index is -3.77. The van der Waals surface area contributed by atoms with Crippen molar-refractivity contribution in [1.82, 2.24) is 9.21 Å². The molecule has 0 unspecified atom stereocenters. The van der Waals surface area contributed by atoms with E-state index in [1.807, 2.05) is 0 Å². The Balaban J connectivity index is 2.06. The van der Waals surface area contributed by atoms with Gasteiger partial charge in [-0.25, -0.2) is 17.2 Å². The second-order valence-electron chi connectivity index (χ2n) is 4.96. The molecule has 8 heteroatoms. The van der Waals surface area contributed by atoms with Crippen molar-refractivity contribution < 1.29 is 17.2 Å². The van der Waals surface area contributed by atoms with Crippen molar-refractivity contribution in [3.63, 3.8) is 0 Å². The molecule has 0 amide bonds. The van der Waals surface area contributed by atoms with Crippen molar-refractivity contribution in [1.29, 1.82) is 0 Å². The summed E-state index contributed by atoms with van der Waals surface area (Å²) in [5, 5.41) is 0. The Morgan fingerprint density at radius 2 is 1.76 bits per heavy atom. The number of hydrogen-bond donors (Lipinski definition) is 1. The van der Waals surface area contributed by atoms with Crippen LogP contribution in [0, 0.1) is 11.6 Å². The maximum Gasteiger partial charge on any atom is 0.243 e. The van der Waals surface area contributed by atoms with Gasteiger partial charge in [0.25, 0.3) is 0 Å². The molecule has 21 heavy (non-hydrogen) atoms. The molecule has 2 N–H and O–H groups in total. The van der Waals surface area contributed by atoms with Gasteiger partial charge in [-0.15, -0.1) is 0 Å². The molecule has 1 aliphatic heterocycles. The van der Waals surface area contributed by atoms with Crippen LogP contribution >= 0.6 is 0 Å². The first-order chi connectivity index (χ1) is 9.95. The van der Waals surface area contributed by atoms with Crippen molar-refractivity contribution in [2.75, 3.05) is 39.3 Å². The minimum absolute atomic E-state index is 0.211. The van der Waals surface area contributed by atoms with Gasteiger partial charge in [-0.3, -0.25) is 0 Å². The Labute approximate surface area is 123 Å². The van der Waals surface area contributed by atoms with Gasteiger partial charge in [0, 0.05) is 26.2 Å². The van der Waals surface area contributed by atoms with Crippen molar-refractivity contribution in [2.45, 2.75) is 11.3 Å². The smallest absolute Gasteiger partial charge is 0.243 e. The van der Waals surface area contributed by atoms with Gasteiger partial charge in [0.2, 0.25) is 10.0 Å². The van der Waals surface area contributed by atoms with E-state index in [0.717, 1.165) is 31.2 Å². The van der Waals surface area contributed by atoms with Gasteiger partial charge in [-0.1, -0.05) is 0 Å². The van der Waals surface area contributed by atoms with Crippen molar-refractivity contribution >= 4 is 10.0 Å². The lowest BCUT2D eigenvalue weighted by molar-refractivity contribution is 0.187. The monoisotopic (exact) mass is 319 g/mol. The summed E-state index contributed by atoms with van der Waals surface area (Å²) in [6.07, 6.45) is 0.871. The van der Waals surface area contributed by atoms with Crippen LogP contribution in [0.4, 0.5) is 8.78 Å². The molecule has 1 saturated heterocycles. The highest BCUT2D eigenvalue weighted by Crippen LogP contribution is 2.19. The fourth-order valence-electron chi connectivity index (χ4n) is 2.29. The van der Waals surface area contributed by atoms with Gasteiger partial charge in [-0.2, -0.15) is 4.31 Å². The summed E-state index contributed by atoms with van der Waals surface area (Å²) in [7, 11) is -3.77. The molecule has 0 aliphatic carbocycles. The van der Waals surface area contributed by atoms with Gasteiger partial charge in [0.15, 0.2) is 11.6 Å². The Morgan fingerprint density at radius 3 is 2.33 bits per heavy atom. The molecule has 0 bridgehead atoms. The highest BCUT2D eigenvalue weighted by molar-refractivity contribution is 7.89. The van der Waals surface area contributed by atoms with Crippen LogP contribution < -0.4 is 5.73 Å². The van der Waals surface area contributed by atoms with Crippen LogP contribution in [0.25, 0.3) is 0 Å². The molecule has 0 aromatic heterocycles. The lowest BCUT2D eigenvalue weighted by atomic mass is 10.3. The van der Waals surface area contributed by atoms with Crippen LogP contribution in [-0.4, -0.2) is 56.9 Å². The number of halogens is 2. The summed E-state index contributed by atoms with van der Waals surface area (Å²) in [4.78, 5) is 1.93. The highest BCUT2D eigenvalue weighted by atomic mass is 32.2. The van der Waals surface area contributed by atoms with E-state index in [4.69, 9.17) is 5.73 Å². The summed E-state index contributed by atoms with van der Waals surface area (Å²) in [5.74, 6) is -2.21. The number of sulfonamides is 1. The molecular weight excluding hydrogens is 300 g/mol.